The summed E-state index contributed by atoms with van der Waals surface area (Å²) in [6, 6.07) is 9.90. The van der Waals surface area contributed by atoms with Gasteiger partial charge in [-0.2, -0.15) is 0 Å². The fraction of sp³-hybridized carbons (Fsp3) is 0.294. The van der Waals surface area contributed by atoms with Crippen LogP contribution in [0.15, 0.2) is 40.9 Å². The molecule has 2 aromatic carbocycles. The van der Waals surface area contributed by atoms with E-state index < -0.39 is 11.6 Å². The molecule has 0 unspecified atom stereocenters. The molecule has 23 heavy (non-hydrogen) atoms. The van der Waals surface area contributed by atoms with Crippen molar-refractivity contribution in [2.24, 2.45) is 0 Å². The predicted molar refractivity (Wildman–Crippen MR) is 86.8 cm³/mol. The largest absolute Gasteiger partial charge is 0.496 e. The number of para-hydroxylation sites is 1. The standard InChI is InChI=1S/C17H17BrF2O3/c1-21-16-6-3-2-5-12(16)11-22-7-4-8-23-17-14(19)9-13(18)10-15(17)20/h2-3,5-6,9-10H,4,7-8,11H2,1H3. The molecule has 2 rings (SSSR count). The highest BCUT2D eigenvalue weighted by Crippen LogP contribution is 2.26. The molecule has 0 N–H and O–H groups in total. The van der Waals surface area contributed by atoms with Gasteiger partial charge in [0.05, 0.1) is 26.9 Å². The first kappa shape index (κ1) is 17.7. The summed E-state index contributed by atoms with van der Waals surface area (Å²) in [6.45, 7) is 0.990. The third-order valence-corrected chi connectivity index (χ3v) is 3.55. The summed E-state index contributed by atoms with van der Waals surface area (Å²) in [6.07, 6.45) is 0.518. The highest BCUT2D eigenvalue weighted by molar-refractivity contribution is 9.10. The number of hydrogen-bond donors (Lipinski definition) is 0. The highest BCUT2D eigenvalue weighted by atomic mass is 79.9. The summed E-state index contributed by atoms with van der Waals surface area (Å²) in [5, 5.41) is 0. The van der Waals surface area contributed by atoms with Crippen LogP contribution < -0.4 is 9.47 Å². The summed E-state index contributed by atoms with van der Waals surface area (Å²) in [5.41, 5.74) is 0.945. The number of halogens is 3. The van der Waals surface area contributed by atoms with Crippen LogP contribution in [-0.2, 0) is 11.3 Å². The highest BCUT2D eigenvalue weighted by Gasteiger charge is 2.11. The van der Waals surface area contributed by atoms with Crippen LogP contribution in [-0.4, -0.2) is 20.3 Å². The quantitative estimate of drug-likeness (QED) is 0.614. The maximum atomic E-state index is 13.6. The first-order valence-electron chi connectivity index (χ1n) is 7.09. The first-order valence-corrected chi connectivity index (χ1v) is 7.88. The Morgan fingerprint density at radius 3 is 2.43 bits per heavy atom. The van der Waals surface area contributed by atoms with Crippen molar-refractivity contribution in [2.75, 3.05) is 20.3 Å². The molecule has 2 aromatic rings. The van der Waals surface area contributed by atoms with Crippen LogP contribution in [0.4, 0.5) is 8.78 Å². The zero-order chi connectivity index (χ0) is 16.7. The van der Waals surface area contributed by atoms with E-state index in [1.807, 2.05) is 24.3 Å². The smallest absolute Gasteiger partial charge is 0.190 e. The maximum absolute atomic E-state index is 13.6. The van der Waals surface area contributed by atoms with E-state index in [1.54, 1.807) is 7.11 Å². The fourth-order valence-electron chi connectivity index (χ4n) is 2.01. The van der Waals surface area contributed by atoms with Crippen molar-refractivity contribution in [1.29, 1.82) is 0 Å². The molecule has 0 aliphatic heterocycles. The van der Waals surface area contributed by atoms with Gasteiger partial charge in [-0.05, 0) is 18.2 Å². The van der Waals surface area contributed by atoms with E-state index in [4.69, 9.17) is 14.2 Å². The number of ether oxygens (including phenoxy) is 3. The van der Waals surface area contributed by atoms with Gasteiger partial charge in [-0.1, -0.05) is 34.1 Å². The zero-order valence-corrected chi connectivity index (χ0v) is 14.2. The van der Waals surface area contributed by atoms with E-state index in [1.165, 1.54) is 0 Å². The van der Waals surface area contributed by atoms with Gasteiger partial charge in [0.25, 0.3) is 0 Å². The molecule has 0 amide bonds. The van der Waals surface area contributed by atoms with Gasteiger partial charge in [0.15, 0.2) is 17.4 Å². The summed E-state index contributed by atoms with van der Waals surface area (Å²) in [7, 11) is 1.61. The third kappa shape index (κ3) is 5.18. The van der Waals surface area contributed by atoms with Crippen LogP contribution >= 0.6 is 15.9 Å². The van der Waals surface area contributed by atoms with Crippen molar-refractivity contribution in [2.45, 2.75) is 13.0 Å². The van der Waals surface area contributed by atoms with Crippen LogP contribution in [0.2, 0.25) is 0 Å². The lowest BCUT2D eigenvalue weighted by molar-refractivity contribution is 0.104. The average Bonchev–Trinajstić information content (AvgIpc) is 2.53. The molecule has 0 radical (unpaired) electrons. The molecular formula is C17H17BrF2O3. The monoisotopic (exact) mass is 386 g/mol. The normalized spacial score (nSPS) is 10.6. The van der Waals surface area contributed by atoms with Crippen molar-refractivity contribution >= 4 is 15.9 Å². The molecule has 0 fully saturated rings. The van der Waals surface area contributed by atoms with Gasteiger partial charge in [-0.25, -0.2) is 8.78 Å². The van der Waals surface area contributed by atoms with E-state index in [2.05, 4.69) is 15.9 Å². The number of rotatable bonds is 8. The van der Waals surface area contributed by atoms with Gasteiger partial charge in [0.1, 0.15) is 5.75 Å². The van der Waals surface area contributed by atoms with Crippen LogP contribution in [0.25, 0.3) is 0 Å². The molecule has 6 heteroatoms. The molecule has 0 aromatic heterocycles. The lowest BCUT2D eigenvalue weighted by Gasteiger charge is -2.10. The number of methoxy groups -OCH3 is 1. The second kappa shape index (κ2) is 8.84. The van der Waals surface area contributed by atoms with Gasteiger partial charge in [-0.15, -0.1) is 0 Å². The molecule has 124 valence electrons. The molecule has 0 saturated heterocycles. The van der Waals surface area contributed by atoms with Gasteiger partial charge in [0, 0.05) is 16.5 Å². The van der Waals surface area contributed by atoms with Crippen LogP contribution in [0.3, 0.4) is 0 Å². The average molecular weight is 387 g/mol. The Morgan fingerprint density at radius 1 is 1.04 bits per heavy atom. The van der Waals surface area contributed by atoms with Gasteiger partial charge in [-0.3, -0.25) is 0 Å². The number of hydrogen-bond acceptors (Lipinski definition) is 3. The van der Waals surface area contributed by atoms with Crippen molar-refractivity contribution in [3.05, 3.63) is 58.1 Å². The van der Waals surface area contributed by atoms with E-state index in [-0.39, 0.29) is 12.4 Å². The zero-order valence-electron chi connectivity index (χ0n) is 12.7. The third-order valence-electron chi connectivity index (χ3n) is 3.09. The topological polar surface area (TPSA) is 27.7 Å². The van der Waals surface area contributed by atoms with Crippen molar-refractivity contribution < 1.29 is 23.0 Å². The van der Waals surface area contributed by atoms with Crippen molar-refractivity contribution in [1.82, 2.24) is 0 Å². The molecular weight excluding hydrogens is 370 g/mol. The van der Waals surface area contributed by atoms with E-state index in [0.717, 1.165) is 23.4 Å². The lowest BCUT2D eigenvalue weighted by atomic mass is 10.2. The van der Waals surface area contributed by atoms with E-state index in [9.17, 15) is 8.78 Å². The molecule has 0 aliphatic rings. The Bertz CT molecular complexity index is 626. The molecule has 0 heterocycles. The summed E-state index contributed by atoms with van der Waals surface area (Å²) >= 11 is 3.02. The van der Waals surface area contributed by atoms with Crippen LogP contribution in [0.1, 0.15) is 12.0 Å². The lowest BCUT2D eigenvalue weighted by Crippen LogP contribution is -2.06. The molecule has 0 bridgehead atoms. The second-order valence-electron chi connectivity index (χ2n) is 4.77. The van der Waals surface area contributed by atoms with Gasteiger partial charge >= 0.3 is 0 Å². The van der Waals surface area contributed by atoms with Gasteiger partial charge < -0.3 is 14.2 Å². The minimum Gasteiger partial charge on any atom is -0.496 e. The van der Waals surface area contributed by atoms with Crippen molar-refractivity contribution in [3.63, 3.8) is 0 Å². The molecule has 0 aliphatic carbocycles. The number of benzene rings is 2. The minimum atomic E-state index is -0.730. The Hall–Kier alpha value is -1.66. The first-order chi connectivity index (χ1) is 11.1. The molecule has 0 spiro atoms. The molecule has 3 nitrogen and oxygen atoms in total. The van der Waals surface area contributed by atoms with Crippen molar-refractivity contribution in [3.8, 4) is 11.5 Å². The maximum Gasteiger partial charge on any atom is 0.190 e. The minimum absolute atomic E-state index is 0.168. The predicted octanol–water partition coefficient (Wildman–Crippen LogP) is 4.72. The van der Waals surface area contributed by atoms with Gasteiger partial charge in [0.2, 0.25) is 0 Å². The fourth-order valence-corrected chi connectivity index (χ4v) is 2.41. The Kier molecular flexibility index (Phi) is 6.80. The Morgan fingerprint density at radius 2 is 1.74 bits per heavy atom. The summed E-state index contributed by atoms with van der Waals surface area (Å²) in [5.74, 6) is -1.06. The Labute approximate surface area is 142 Å². The SMILES string of the molecule is COc1ccccc1COCCCOc1c(F)cc(Br)cc1F. The van der Waals surface area contributed by atoms with Crippen LogP contribution in [0, 0.1) is 11.6 Å². The van der Waals surface area contributed by atoms with E-state index >= 15 is 0 Å². The summed E-state index contributed by atoms with van der Waals surface area (Å²) in [4.78, 5) is 0. The molecule has 0 atom stereocenters. The Balaban J connectivity index is 1.72. The second-order valence-corrected chi connectivity index (χ2v) is 5.68. The van der Waals surface area contributed by atoms with E-state index in [0.29, 0.717) is 24.1 Å². The summed E-state index contributed by atoms with van der Waals surface area (Å²) < 4.78 is 43.3. The van der Waals surface area contributed by atoms with Crippen LogP contribution in [0.5, 0.6) is 11.5 Å². The molecule has 0 saturated carbocycles.